The molecule has 0 aromatic carbocycles. The lowest BCUT2D eigenvalue weighted by Gasteiger charge is -2.38. The minimum absolute atomic E-state index is 0.212. The van der Waals surface area contributed by atoms with E-state index in [-0.39, 0.29) is 5.56 Å². The van der Waals surface area contributed by atoms with Crippen LogP contribution in [0.3, 0.4) is 0 Å². The van der Waals surface area contributed by atoms with Crippen molar-refractivity contribution in [2.75, 3.05) is 56.9 Å². The number of ether oxygens (including phenoxy) is 4. The molecule has 2 saturated heterocycles. The number of aliphatic hydroxyl groups is 3. The van der Waals surface area contributed by atoms with E-state index in [2.05, 4.69) is 19.9 Å². The highest BCUT2D eigenvalue weighted by Gasteiger charge is 2.42. The van der Waals surface area contributed by atoms with E-state index in [4.69, 9.17) is 28.9 Å². The van der Waals surface area contributed by atoms with E-state index >= 15 is 0 Å². The zero-order valence-corrected chi connectivity index (χ0v) is 26.3. The SMILES string of the molecule is COc1ccc(-c2nc(N3CCOCC3)c3sc(CN(C)c4ncc(C(=O)CO[C@@H]5O[C@@H](C)[C@@H](O)[C@@H](O)[C@@H]5O)cn4)cc3n2)cn1. The Morgan fingerprint density at radius 2 is 1.83 bits per heavy atom. The van der Waals surface area contributed by atoms with Gasteiger partial charge in [-0.25, -0.2) is 24.9 Å². The Balaban J connectivity index is 1.15. The van der Waals surface area contributed by atoms with Gasteiger partial charge in [-0.05, 0) is 19.1 Å². The minimum atomic E-state index is -1.50. The van der Waals surface area contributed by atoms with Crippen molar-refractivity contribution in [3.8, 4) is 17.3 Å². The molecule has 0 saturated carbocycles. The normalized spacial score (nSPS) is 23.4. The number of carbonyl (C=O) groups is 1. The van der Waals surface area contributed by atoms with Crippen LogP contribution in [0.2, 0.25) is 0 Å². The number of ketones is 1. The number of anilines is 2. The van der Waals surface area contributed by atoms with Gasteiger partial charge in [-0.3, -0.25) is 4.79 Å². The van der Waals surface area contributed by atoms with E-state index in [9.17, 15) is 20.1 Å². The first-order chi connectivity index (χ1) is 22.2. The van der Waals surface area contributed by atoms with Crippen molar-refractivity contribution in [1.82, 2.24) is 24.9 Å². The van der Waals surface area contributed by atoms with Crippen molar-refractivity contribution >= 4 is 39.1 Å². The van der Waals surface area contributed by atoms with E-state index in [0.717, 1.165) is 39.6 Å². The molecule has 6 rings (SSSR count). The number of hydrogen-bond donors (Lipinski definition) is 3. The number of morpholine rings is 1. The standard InChI is InChI=1S/C30H35N7O8S/c1-16-23(39)24(40)25(41)29(45-16)44-15-21(38)18-12-32-30(33-13-18)36(2)14-19-10-20-26(46-19)28(37-6-8-43-9-7-37)35-27(34-20)17-4-5-22(42-3)31-11-17/h4-5,10-13,16,23-25,29,39-41H,6-9,14-15H2,1-3H3/t16-,23+,24+,25-,29+/m0/s1. The first-order valence-corrected chi connectivity index (χ1v) is 15.5. The predicted octanol–water partition coefficient (Wildman–Crippen LogP) is 1.05. The average molecular weight is 654 g/mol. The third-order valence-electron chi connectivity index (χ3n) is 7.80. The molecule has 0 aliphatic carbocycles. The Hall–Kier alpha value is -3.90. The van der Waals surface area contributed by atoms with E-state index in [1.54, 1.807) is 30.7 Å². The molecule has 6 heterocycles. The molecule has 16 heteroatoms. The molecule has 2 fully saturated rings. The quantitative estimate of drug-likeness (QED) is 0.206. The van der Waals surface area contributed by atoms with Gasteiger partial charge in [0.1, 0.15) is 24.9 Å². The largest absolute Gasteiger partial charge is 0.481 e. The molecule has 0 amide bonds. The van der Waals surface area contributed by atoms with E-state index < -0.39 is 43.1 Å². The monoisotopic (exact) mass is 653 g/mol. The Labute approximate surface area is 268 Å². The maximum absolute atomic E-state index is 12.7. The fraction of sp³-hybridized carbons (Fsp3) is 0.467. The van der Waals surface area contributed by atoms with Crippen LogP contribution in [0, 0.1) is 0 Å². The lowest BCUT2D eigenvalue weighted by atomic mass is 10.00. The maximum atomic E-state index is 12.7. The molecule has 2 aliphatic heterocycles. The van der Waals surface area contributed by atoms with Gasteiger partial charge in [0.05, 0.1) is 48.8 Å². The van der Waals surface area contributed by atoms with Crippen LogP contribution in [0.25, 0.3) is 21.6 Å². The number of thiophene rings is 1. The van der Waals surface area contributed by atoms with E-state index in [1.807, 2.05) is 24.1 Å². The zero-order chi connectivity index (χ0) is 32.4. The van der Waals surface area contributed by atoms with Crippen molar-refractivity contribution in [1.29, 1.82) is 0 Å². The first-order valence-electron chi connectivity index (χ1n) is 14.7. The van der Waals surface area contributed by atoms with Gasteiger partial charge in [0.25, 0.3) is 0 Å². The molecule has 244 valence electrons. The Morgan fingerprint density at radius 1 is 1.07 bits per heavy atom. The highest BCUT2D eigenvalue weighted by atomic mass is 32.1. The van der Waals surface area contributed by atoms with Gasteiger partial charge >= 0.3 is 0 Å². The highest BCUT2D eigenvalue weighted by Crippen LogP contribution is 2.35. The summed E-state index contributed by atoms with van der Waals surface area (Å²) >= 11 is 1.60. The summed E-state index contributed by atoms with van der Waals surface area (Å²) in [5.41, 5.74) is 1.81. The molecule has 0 spiro atoms. The molecule has 4 aromatic rings. The number of aliphatic hydroxyl groups excluding tert-OH is 3. The topological polar surface area (TPSA) is 186 Å². The maximum Gasteiger partial charge on any atom is 0.225 e. The van der Waals surface area contributed by atoms with Gasteiger partial charge in [0, 0.05) is 55.2 Å². The van der Waals surface area contributed by atoms with Gasteiger partial charge in [-0.1, -0.05) is 0 Å². The molecule has 46 heavy (non-hydrogen) atoms. The van der Waals surface area contributed by atoms with E-state index in [0.29, 0.717) is 37.4 Å². The zero-order valence-electron chi connectivity index (χ0n) is 25.5. The van der Waals surface area contributed by atoms with Crippen LogP contribution in [0.5, 0.6) is 5.88 Å². The van der Waals surface area contributed by atoms with Gasteiger partial charge < -0.3 is 44.1 Å². The molecular weight excluding hydrogens is 618 g/mol. The second-order valence-electron chi connectivity index (χ2n) is 11.0. The van der Waals surface area contributed by atoms with Crippen molar-refractivity contribution in [2.45, 2.75) is 44.2 Å². The number of aromatic nitrogens is 5. The number of pyridine rings is 1. The highest BCUT2D eigenvalue weighted by molar-refractivity contribution is 7.19. The minimum Gasteiger partial charge on any atom is -0.481 e. The average Bonchev–Trinajstić information content (AvgIpc) is 3.50. The summed E-state index contributed by atoms with van der Waals surface area (Å²) in [6.07, 6.45) is -1.73. The van der Waals surface area contributed by atoms with Crippen LogP contribution in [-0.2, 0) is 20.8 Å². The summed E-state index contributed by atoms with van der Waals surface area (Å²) in [7, 11) is 3.43. The molecule has 15 nitrogen and oxygen atoms in total. The van der Waals surface area contributed by atoms with Crippen LogP contribution in [0.1, 0.15) is 22.2 Å². The number of nitrogens with zero attached hydrogens (tertiary/aromatic N) is 7. The second-order valence-corrected chi connectivity index (χ2v) is 12.2. The number of Topliss-reactive ketones (excluding diaryl/α,β-unsaturated/α-hetero) is 1. The lowest BCUT2D eigenvalue weighted by molar-refractivity contribution is -0.289. The Bertz CT molecular complexity index is 1650. The summed E-state index contributed by atoms with van der Waals surface area (Å²) in [6, 6.07) is 5.71. The molecule has 3 N–H and O–H groups in total. The first kappa shape index (κ1) is 32.1. The molecule has 0 bridgehead atoms. The number of fused-ring (bicyclic) bond motifs is 1. The van der Waals surface area contributed by atoms with Crippen molar-refractivity contribution in [3.05, 3.63) is 47.2 Å². The number of carbonyl (C=O) groups excluding carboxylic acids is 1. The fourth-order valence-corrected chi connectivity index (χ4v) is 6.32. The van der Waals surface area contributed by atoms with Crippen molar-refractivity contribution in [2.24, 2.45) is 0 Å². The molecule has 5 atom stereocenters. The number of methoxy groups -OCH3 is 1. The van der Waals surface area contributed by atoms with Gasteiger partial charge in [0.15, 0.2) is 23.7 Å². The lowest BCUT2D eigenvalue weighted by Crippen LogP contribution is -2.57. The predicted molar refractivity (Wildman–Crippen MR) is 167 cm³/mol. The smallest absolute Gasteiger partial charge is 0.225 e. The van der Waals surface area contributed by atoms with Gasteiger partial charge in [-0.2, -0.15) is 0 Å². The second kappa shape index (κ2) is 13.8. The third-order valence-corrected chi connectivity index (χ3v) is 8.91. The summed E-state index contributed by atoms with van der Waals surface area (Å²) in [6.45, 7) is 4.28. The van der Waals surface area contributed by atoms with Gasteiger partial charge in [-0.15, -0.1) is 11.3 Å². The van der Waals surface area contributed by atoms with Crippen LogP contribution in [0.15, 0.2) is 36.8 Å². The molecule has 2 aliphatic rings. The van der Waals surface area contributed by atoms with Crippen LogP contribution < -0.4 is 14.5 Å². The van der Waals surface area contributed by atoms with Crippen molar-refractivity contribution in [3.63, 3.8) is 0 Å². The molecule has 0 unspecified atom stereocenters. The molecule has 0 radical (unpaired) electrons. The number of rotatable bonds is 10. The number of hydrogen-bond acceptors (Lipinski definition) is 16. The van der Waals surface area contributed by atoms with Gasteiger partial charge in [0.2, 0.25) is 11.8 Å². The summed E-state index contributed by atoms with van der Waals surface area (Å²) in [5.74, 6) is 1.92. The Kier molecular flexibility index (Phi) is 9.65. The van der Waals surface area contributed by atoms with E-state index in [1.165, 1.54) is 19.3 Å². The van der Waals surface area contributed by atoms with Crippen LogP contribution in [-0.4, -0.2) is 124 Å². The third kappa shape index (κ3) is 6.78. The molecule has 4 aromatic heterocycles. The Morgan fingerprint density at radius 3 is 2.52 bits per heavy atom. The summed E-state index contributed by atoms with van der Waals surface area (Å²) < 4.78 is 22.5. The summed E-state index contributed by atoms with van der Waals surface area (Å²) in [5, 5.41) is 29.9. The fourth-order valence-electron chi connectivity index (χ4n) is 5.15. The van der Waals surface area contributed by atoms with Crippen molar-refractivity contribution < 1.29 is 39.1 Å². The van der Waals surface area contributed by atoms with Crippen LogP contribution in [0.4, 0.5) is 11.8 Å². The summed E-state index contributed by atoms with van der Waals surface area (Å²) in [4.78, 5) is 40.7. The molecular formula is C30H35N7O8S. The van der Waals surface area contributed by atoms with Crippen LogP contribution >= 0.6 is 11.3 Å².